The minimum atomic E-state index is -3.54. The molecule has 9 nitrogen and oxygen atoms in total. The lowest BCUT2D eigenvalue weighted by molar-refractivity contribution is -0.384. The van der Waals surface area contributed by atoms with Crippen LogP contribution in [0.1, 0.15) is 20.3 Å². The van der Waals surface area contributed by atoms with Gasteiger partial charge in [0, 0.05) is 38.5 Å². The molecule has 0 aromatic heterocycles. The van der Waals surface area contributed by atoms with Gasteiger partial charge in [0.15, 0.2) is 9.84 Å². The molecule has 0 spiro atoms. The number of nitro groups is 1. The Hall–Kier alpha value is -1.91. The number of nitro benzene ring substituents is 1. The lowest BCUT2D eigenvalue weighted by atomic mass is 10.0. The van der Waals surface area contributed by atoms with Crippen LogP contribution in [0.4, 0.5) is 11.4 Å². The maximum atomic E-state index is 12.4. The Kier molecular flexibility index (Phi) is 8.21. The molecule has 0 unspecified atom stereocenters. The minimum absolute atomic E-state index is 0. The average molecular weight is 435 g/mol. The number of nitrogens with zero attached hydrogens (tertiary/aromatic N) is 3. The lowest BCUT2D eigenvalue weighted by Gasteiger charge is -2.37. The molecule has 1 amide bonds. The van der Waals surface area contributed by atoms with E-state index in [1.165, 1.54) is 12.1 Å². The fourth-order valence-corrected chi connectivity index (χ4v) is 3.80. The number of carbonyl (C=O) groups is 1. The molecule has 11 heteroatoms. The molecule has 1 aromatic rings. The fraction of sp³-hybridized carbons (Fsp3) is 0.588. The highest BCUT2D eigenvalue weighted by Crippen LogP contribution is 2.31. The van der Waals surface area contributed by atoms with Crippen LogP contribution >= 0.6 is 12.4 Å². The number of amides is 1. The van der Waals surface area contributed by atoms with Crippen molar-refractivity contribution in [2.45, 2.75) is 31.2 Å². The van der Waals surface area contributed by atoms with Crippen LogP contribution in [0, 0.1) is 16.0 Å². The molecule has 0 aliphatic carbocycles. The summed E-state index contributed by atoms with van der Waals surface area (Å²) in [5.74, 6) is 0.214. The van der Waals surface area contributed by atoms with E-state index in [0.717, 1.165) is 12.3 Å². The molecule has 0 radical (unpaired) electrons. The minimum Gasteiger partial charge on any atom is -0.362 e. The van der Waals surface area contributed by atoms with Gasteiger partial charge in [-0.15, -0.1) is 12.4 Å². The molecule has 1 fully saturated rings. The number of sulfone groups is 1. The first kappa shape index (κ1) is 24.1. The van der Waals surface area contributed by atoms with E-state index >= 15 is 0 Å². The predicted octanol–water partition coefficient (Wildman–Crippen LogP) is 1.44. The molecule has 28 heavy (non-hydrogen) atoms. The molecule has 1 aliphatic heterocycles. The van der Waals surface area contributed by atoms with Crippen molar-refractivity contribution in [1.82, 2.24) is 4.90 Å². The number of carbonyl (C=O) groups excluding carboxylic acids is 1. The van der Waals surface area contributed by atoms with Crippen molar-refractivity contribution in [1.29, 1.82) is 0 Å². The molecule has 1 saturated heterocycles. The highest BCUT2D eigenvalue weighted by Gasteiger charge is 2.29. The summed E-state index contributed by atoms with van der Waals surface area (Å²) in [4.78, 5) is 26.6. The van der Waals surface area contributed by atoms with Crippen molar-refractivity contribution in [3.8, 4) is 0 Å². The SMILES string of the molecule is CC(C)C[C@H](N)C(=O)N1CCN(c2ccc(S(C)(=O)=O)cc2[N+](=O)[O-])CC1.Cl. The number of nitrogens with two attached hydrogens (primary N) is 1. The van der Waals surface area contributed by atoms with Gasteiger partial charge in [0.2, 0.25) is 5.91 Å². The van der Waals surface area contributed by atoms with Gasteiger partial charge in [-0.25, -0.2) is 8.42 Å². The van der Waals surface area contributed by atoms with Crippen LogP contribution in [0.2, 0.25) is 0 Å². The van der Waals surface area contributed by atoms with E-state index in [1.54, 1.807) is 9.80 Å². The van der Waals surface area contributed by atoms with E-state index in [0.29, 0.717) is 44.2 Å². The quantitative estimate of drug-likeness (QED) is 0.530. The Morgan fingerprint density at radius 1 is 1.25 bits per heavy atom. The largest absolute Gasteiger partial charge is 0.362 e. The molecule has 1 aromatic carbocycles. The van der Waals surface area contributed by atoms with Crippen LogP contribution < -0.4 is 10.6 Å². The summed E-state index contributed by atoms with van der Waals surface area (Å²) in [6, 6.07) is 3.37. The Morgan fingerprint density at radius 3 is 2.29 bits per heavy atom. The monoisotopic (exact) mass is 434 g/mol. The summed E-state index contributed by atoms with van der Waals surface area (Å²) in [7, 11) is -3.54. The Labute approximate surface area is 171 Å². The third-order valence-electron chi connectivity index (χ3n) is 4.55. The lowest BCUT2D eigenvalue weighted by Crippen LogP contribution is -2.53. The number of hydrogen-bond acceptors (Lipinski definition) is 7. The second-order valence-corrected chi connectivity index (χ2v) is 9.24. The van der Waals surface area contributed by atoms with Crippen LogP contribution in [0.3, 0.4) is 0 Å². The van der Waals surface area contributed by atoms with Crippen LogP contribution in [0.25, 0.3) is 0 Å². The van der Waals surface area contributed by atoms with Gasteiger partial charge in [0.25, 0.3) is 5.69 Å². The summed E-state index contributed by atoms with van der Waals surface area (Å²) in [6.07, 6.45) is 1.62. The van der Waals surface area contributed by atoms with E-state index in [4.69, 9.17) is 5.73 Å². The molecule has 1 atom stereocenters. The summed E-state index contributed by atoms with van der Waals surface area (Å²) in [6.45, 7) is 5.67. The number of rotatable bonds is 6. The first-order valence-corrected chi connectivity index (χ1v) is 10.7. The van der Waals surface area contributed by atoms with Crippen molar-refractivity contribution >= 4 is 39.5 Å². The second kappa shape index (κ2) is 9.53. The zero-order chi connectivity index (χ0) is 20.4. The molecular formula is C17H27ClN4O5S. The molecule has 2 rings (SSSR count). The van der Waals surface area contributed by atoms with E-state index in [1.807, 2.05) is 13.8 Å². The van der Waals surface area contributed by atoms with Gasteiger partial charge >= 0.3 is 0 Å². The first-order chi connectivity index (χ1) is 12.5. The molecule has 1 heterocycles. The Morgan fingerprint density at radius 2 is 1.82 bits per heavy atom. The number of halogens is 1. The normalized spacial score (nSPS) is 15.9. The maximum absolute atomic E-state index is 12.4. The van der Waals surface area contributed by atoms with Crippen LogP contribution in [0.15, 0.2) is 23.1 Å². The van der Waals surface area contributed by atoms with Crippen LogP contribution in [-0.4, -0.2) is 62.6 Å². The van der Waals surface area contributed by atoms with Crippen molar-refractivity contribution < 1.29 is 18.1 Å². The van der Waals surface area contributed by atoms with Gasteiger partial charge in [-0.1, -0.05) is 13.8 Å². The first-order valence-electron chi connectivity index (χ1n) is 8.78. The number of piperazine rings is 1. The molecule has 2 N–H and O–H groups in total. The molecule has 1 aliphatic rings. The average Bonchev–Trinajstić information content (AvgIpc) is 2.59. The van der Waals surface area contributed by atoms with Crippen molar-refractivity contribution in [3.05, 3.63) is 28.3 Å². The van der Waals surface area contributed by atoms with Crippen LogP contribution in [-0.2, 0) is 14.6 Å². The number of benzene rings is 1. The van der Waals surface area contributed by atoms with Crippen molar-refractivity contribution in [3.63, 3.8) is 0 Å². The standard InChI is InChI=1S/C17H26N4O5S.ClH/c1-12(2)10-14(18)17(22)20-8-6-19(7-9-20)15-5-4-13(27(3,25)26)11-16(15)21(23)24;/h4-5,11-12,14H,6-10,18H2,1-3H3;1H/t14-;/m0./s1. The van der Waals surface area contributed by atoms with Crippen LogP contribution in [0.5, 0.6) is 0 Å². The zero-order valence-electron chi connectivity index (χ0n) is 16.2. The molecule has 0 saturated carbocycles. The van der Waals surface area contributed by atoms with Gasteiger partial charge in [0.05, 0.1) is 15.9 Å². The fourth-order valence-electron chi connectivity index (χ4n) is 3.16. The van der Waals surface area contributed by atoms with E-state index in [-0.39, 0.29) is 28.9 Å². The van der Waals surface area contributed by atoms with Gasteiger partial charge in [0.1, 0.15) is 5.69 Å². The summed E-state index contributed by atoms with van der Waals surface area (Å²) in [5.41, 5.74) is 6.06. The smallest absolute Gasteiger partial charge is 0.293 e. The topological polar surface area (TPSA) is 127 Å². The van der Waals surface area contributed by atoms with Gasteiger partial charge in [-0.3, -0.25) is 14.9 Å². The summed E-state index contributed by atoms with van der Waals surface area (Å²) >= 11 is 0. The third-order valence-corrected chi connectivity index (χ3v) is 5.66. The van der Waals surface area contributed by atoms with Gasteiger partial charge < -0.3 is 15.5 Å². The molecule has 158 valence electrons. The van der Waals surface area contributed by atoms with Gasteiger partial charge in [-0.2, -0.15) is 0 Å². The van der Waals surface area contributed by atoms with Gasteiger partial charge in [-0.05, 0) is 24.5 Å². The number of anilines is 1. The highest BCUT2D eigenvalue weighted by atomic mass is 35.5. The molecular weight excluding hydrogens is 408 g/mol. The van der Waals surface area contributed by atoms with Crippen molar-refractivity contribution in [2.75, 3.05) is 37.3 Å². The van der Waals surface area contributed by atoms with E-state index in [9.17, 15) is 23.3 Å². The highest BCUT2D eigenvalue weighted by molar-refractivity contribution is 7.90. The number of hydrogen-bond donors (Lipinski definition) is 1. The molecule has 0 bridgehead atoms. The second-order valence-electron chi connectivity index (χ2n) is 7.23. The predicted molar refractivity (Wildman–Crippen MR) is 110 cm³/mol. The van der Waals surface area contributed by atoms with E-state index < -0.39 is 20.8 Å². The Balaban J connectivity index is 0.00000392. The van der Waals surface area contributed by atoms with Crippen molar-refractivity contribution in [2.24, 2.45) is 11.7 Å². The van der Waals surface area contributed by atoms with E-state index in [2.05, 4.69) is 0 Å². The Bertz CT molecular complexity index is 823. The summed E-state index contributed by atoms with van der Waals surface area (Å²) < 4.78 is 23.3. The third kappa shape index (κ3) is 5.79. The maximum Gasteiger partial charge on any atom is 0.293 e. The zero-order valence-corrected chi connectivity index (χ0v) is 17.8. The summed E-state index contributed by atoms with van der Waals surface area (Å²) in [5, 5.41) is 11.4.